The molecule has 1 saturated heterocycles. The molecule has 0 radical (unpaired) electrons. The van der Waals surface area contributed by atoms with E-state index in [1.54, 1.807) is 18.2 Å². The van der Waals surface area contributed by atoms with E-state index < -0.39 is 0 Å². The van der Waals surface area contributed by atoms with Gasteiger partial charge in [0.1, 0.15) is 5.75 Å². The van der Waals surface area contributed by atoms with Crippen molar-refractivity contribution in [3.63, 3.8) is 0 Å². The number of ether oxygens (including phenoxy) is 1. The molecule has 0 spiro atoms. The maximum absolute atomic E-state index is 12.6. The standard InChI is InChI=1S/C20H22Cl2N2O2/c1-2-26-19-9-4-3-8-18(19)23-10-12-24(13-11-23)20(25)14-15-16(21)6-5-7-17(15)22/h3-9H,2,10-14H2,1H3. The van der Waals surface area contributed by atoms with Crippen molar-refractivity contribution in [2.75, 3.05) is 37.7 Å². The van der Waals surface area contributed by atoms with Gasteiger partial charge in [-0.05, 0) is 36.8 Å². The van der Waals surface area contributed by atoms with Gasteiger partial charge < -0.3 is 14.5 Å². The van der Waals surface area contributed by atoms with Crippen LogP contribution in [0.4, 0.5) is 5.69 Å². The normalized spacial score (nSPS) is 14.4. The van der Waals surface area contributed by atoms with Crippen LogP contribution in [0.15, 0.2) is 42.5 Å². The van der Waals surface area contributed by atoms with Crippen LogP contribution in [0.3, 0.4) is 0 Å². The predicted octanol–water partition coefficient (Wildman–Crippen LogP) is 4.28. The van der Waals surface area contributed by atoms with Gasteiger partial charge in [-0.1, -0.05) is 41.4 Å². The molecule has 138 valence electrons. The van der Waals surface area contributed by atoms with Crippen molar-refractivity contribution in [2.45, 2.75) is 13.3 Å². The lowest BCUT2D eigenvalue weighted by molar-refractivity contribution is -0.130. The van der Waals surface area contributed by atoms with Crippen LogP contribution >= 0.6 is 23.2 Å². The zero-order chi connectivity index (χ0) is 18.5. The SMILES string of the molecule is CCOc1ccccc1N1CCN(C(=O)Cc2c(Cl)cccc2Cl)CC1. The van der Waals surface area contributed by atoms with E-state index in [0.29, 0.717) is 35.3 Å². The molecule has 2 aromatic rings. The molecule has 0 saturated carbocycles. The fraction of sp³-hybridized carbons (Fsp3) is 0.350. The summed E-state index contributed by atoms with van der Waals surface area (Å²) in [6.07, 6.45) is 0.230. The first-order valence-corrected chi connectivity index (χ1v) is 9.53. The Balaban J connectivity index is 1.63. The van der Waals surface area contributed by atoms with E-state index >= 15 is 0 Å². The third-order valence-electron chi connectivity index (χ3n) is 4.53. The first-order chi connectivity index (χ1) is 12.6. The lowest BCUT2D eigenvalue weighted by Gasteiger charge is -2.36. The molecule has 26 heavy (non-hydrogen) atoms. The molecule has 0 N–H and O–H groups in total. The van der Waals surface area contributed by atoms with Crippen molar-refractivity contribution < 1.29 is 9.53 Å². The quantitative estimate of drug-likeness (QED) is 0.760. The number of nitrogens with zero attached hydrogens (tertiary/aromatic N) is 2. The topological polar surface area (TPSA) is 32.8 Å². The van der Waals surface area contributed by atoms with E-state index in [-0.39, 0.29) is 12.3 Å². The molecule has 1 fully saturated rings. The number of para-hydroxylation sites is 2. The van der Waals surface area contributed by atoms with Crippen LogP contribution in [0.25, 0.3) is 0 Å². The number of amides is 1. The highest BCUT2D eigenvalue weighted by Crippen LogP contribution is 2.29. The first-order valence-electron chi connectivity index (χ1n) is 8.77. The van der Waals surface area contributed by atoms with Crippen LogP contribution in [0.1, 0.15) is 12.5 Å². The molecule has 3 rings (SSSR count). The summed E-state index contributed by atoms with van der Waals surface area (Å²) in [5, 5.41) is 1.07. The number of halogens is 2. The Hall–Kier alpha value is -1.91. The molecule has 6 heteroatoms. The molecular weight excluding hydrogens is 371 g/mol. The Morgan fingerprint density at radius 2 is 1.65 bits per heavy atom. The highest BCUT2D eigenvalue weighted by atomic mass is 35.5. The van der Waals surface area contributed by atoms with Gasteiger partial charge in [0, 0.05) is 36.2 Å². The number of anilines is 1. The zero-order valence-electron chi connectivity index (χ0n) is 14.8. The third-order valence-corrected chi connectivity index (χ3v) is 5.24. The van der Waals surface area contributed by atoms with Crippen molar-refractivity contribution in [3.8, 4) is 5.75 Å². The minimum absolute atomic E-state index is 0.0535. The summed E-state index contributed by atoms with van der Waals surface area (Å²) in [7, 11) is 0. The van der Waals surface area contributed by atoms with Gasteiger partial charge in [0.2, 0.25) is 5.91 Å². The molecule has 0 aromatic heterocycles. The zero-order valence-corrected chi connectivity index (χ0v) is 16.3. The van der Waals surface area contributed by atoms with E-state index in [1.807, 2.05) is 30.0 Å². The van der Waals surface area contributed by atoms with E-state index in [0.717, 1.165) is 24.5 Å². The Morgan fingerprint density at radius 1 is 1.00 bits per heavy atom. The van der Waals surface area contributed by atoms with Crippen LogP contribution < -0.4 is 9.64 Å². The number of rotatable bonds is 5. The molecule has 0 aliphatic carbocycles. The van der Waals surface area contributed by atoms with Crippen LogP contribution in [0.2, 0.25) is 10.0 Å². The molecule has 1 aliphatic heterocycles. The van der Waals surface area contributed by atoms with Crippen molar-refractivity contribution in [3.05, 3.63) is 58.1 Å². The number of hydrogen-bond acceptors (Lipinski definition) is 3. The maximum Gasteiger partial charge on any atom is 0.227 e. The summed E-state index contributed by atoms with van der Waals surface area (Å²) >= 11 is 12.4. The van der Waals surface area contributed by atoms with Crippen molar-refractivity contribution in [1.29, 1.82) is 0 Å². The van der Waals surface area contributed by atoms with Gasteiger partial charge in [0.05, 0.1) is 18.7 Å². The summed E-state index contributed by atoms with van der Waals surface area (Å²) in [5.74, 6) is 0.940. The van der Waals surface area contributed by atoms with Crippen molar-refractivity contribution in [1.82, 2.24) is 4.90 Å². The van der Waals surface area contributed by atoms with E-state index in [2.05, 4.69) is 11.0 Å². The highest BCUT2D eigenvalue weighted by Gasteiger charge is 2.24. The van der Waals surface area contributed by atoms with Gasteiger partial charge in [-0.15, -0.1) is 0 Å². The molecule has 4 nitrogen and oxygen atoms in total. The maximum atomic E-state index is 12.6. The number of carbonyl (C=O) groups is 1. The monoisotopic (exact) mass is 392 g/mol. The highest BCUT2D eigenvalue weighted by molar-refractivity contribution is 6.36. The van der Waals surface area contributed by atoms with Crippen LogP contribution in [0.5, 0.6) is 5.75 Å². The van der Waals surface area contributed by atoms with Gasteiger partial charge in [-0.3, -0.25) is 4.79 Å². The molecule has 0 unspecified atom stereocenters. The summed E-state index contributed by atoms with van der Waals surface area (Å²) in [6.45, 7) is 5.49. The summed E-state index contributed by atoms with van der Waals surface area (Å²) in [4.78, 5) is 16.8. The second-order valence-electron chi connectivity index (χ2n) is 6.15. The minimum Gasteiger partial charge on any atom is -0.492 e. The number of benzene rings is 2. The smallest absolute Gasteiger partial charge is 0.227 e. The third kappa shape index (κ3) is 4.25. The number of hydrogen-bond donors (Lipinski definition) is 0. The lowest BCUT2D eigenvalue weighted by Crippen LogP contribution is -2.49. The predicted molar refractivity (Wildman–Crippen MR) is 107 cm³/mol. The molecule has 1 aliphatic rings. The van der Waals surface area contributed by atoms with Crippen LogP contribution in [-0.4, -0.2) is 43.6 Å². The molecule has 0 atom stereocenters. The van der Waals surface area contributed by atoms with Crippen molar-refractivity contribution >= 4 is 34.8 Å². The summed E-state index contributed by atoms with van der Waals surface area (Å²) in [5.41, 5.74) is 1.78. The van der Waals surface area contributed by atoms with E-state index in [1.165, 1.54) is 0 Å². The van der Waals surface area contributed by atoms with Crippen molar-refractivity contribution in [2.24, 2.45) is 0 Å². The van der Waals surface area contributed by atoms with Crippen LogP contribution in [0, 0.1) is 0 Å². The second-order valence-corrected chi connectivity index (χ2v) is 6.96. The number of carbonyl (C=O) groups excluding carboxylic acids is 1. The first kappa shape index (κ1) is 18.9. The lowest BCUT2D eigenvalue weighted by atomic mass is 10.1. The molecular formula is C20H22Cl2N2O2. The largest absolute Gasteiger partial charge is 0.492 e. The Morgan fingerprint density at radius 3 is 2.31 bits per heavy atom. The second kappa shape index (κ2) is 8.65. The molecule has 0 bridgehead atoms. The Labute approximate surface area is 164 Å². The van der Waals surface area contributed by atoms with E-state index in [4.69, 9.17) is 27.9 Å². The fourth-order valence-corrected chi connectivity index (χ4v) is 3.69. The Bertz CT molecular complexity index is 754. The molecule has 1 amide bonds. The van der Waals surface area contributed by atoms with Gasteiger partial charge in [-0.25, -0.2) is 0 Å². The minimum atomic E-state index is 0.0535. The van der Waals surface area contributed by atoms with Gasteiger partial charge >= 0.3 is 0 Å². The summed E-state index contributed by atoms with van der Waals surface area (Å²) in [6, 6.07) is 13.3. The summed E-state index contributed by atoms with van der Waals surface area (Å²) < 4.78 is 5.72. The number of piperazine rings is 1. The average Bonchev–Trinajstić information content (AvgIpc) is 2.66. The molecule has 1 heterocycles. The Kier molecular flexibility index (Phi) is 6.28. The fourth-order valence-electron chi connectivity index (χ4n) is 3.16. The molecule has 2 aromatic carbocycles. The van der Waals surface area contributed by atoms with Gasteiger partial charge in [0.15, 0.2) is 0 Å². The average molecular weight is 393 g/mol. The van der Waals surface area contributed by atoms with Crippen LogP contribution in [-0.2, 0) is 11.2 Å². The van der Waals surface area contributed by atoms with Gasteiger partial charge in [-0.2, -0.15) is 0 Å². The van der Waals surface area contributed by atoms with E-state index in [9.17, 15) is 4.79 Å². The van der Waals surface area contributed by atoms with Gasteiger partial charge in [0.25, 0.3) is 0 Å².